The smallest absolute Gasteiger partial charge is 0.386 e. The maximum atomic E-state index is 12.6. The monoisotopic (exact) mass is 380 g/mol. The fourth-order valence-corrected chi connectivity index (χ4v) is 3.97. The van der Waals surface area contributed by atoms with Crippen LogP contribution in [0.5, 0.6) is 0 Å². The Morgan fingerprint density at radius 1 is 0.778 bits per heavy atom. The summed E-state index contributed by atoms with van der Waals surface area (Å²) in [6.45, 7) is 0. The van der Waals surface area contributed by atoms with E-state index >= 15 is 0 Å². The quantitative estimate of drug-likeness (QED) is 0.532. The van der Waals surface area contributed by atoms with Gasteiger partial charge in [0.1, 0.15) is 0 Å². The van der Waals surface area contributed by atoms with E-state index in [0.29, 0.717) is 0 Å². The van der Waals surface area contributed by atoms with Crippen LogP contribution in [-0.4, -0.2) is 12.2 Å². The summed E-state index contributed by atoms with van der Waals surface area (Å²) in [5.74, 6) is -0.547. The van der Waals surface area contributed by atoms with Gasteiger partial charge in [0.25, 0.3) is 5.78 Å². The Labute approximate surface area is 160 Å². The number of hydrogen-bond donors (Lipinski definition) is 2. The van der Waals surface area contributed by atoms with Gasteiger partial charge >= 0.3 is 8.03 Å². The van der Waals surface area contributed by atoms with Crippen molar-refractivity contribution >= 4 is 8.03 Å². The molecule has 3 aromatic carbocycles. The second-order valence-corrected chi connectivity index (χ2v) is 7.64. The molecule has 0 fully saturated rings. The molecule has 5 heteroatoms. The highest BCUT2D eigenvalue weighted by molar-refractivity contribution is 7.39. The van der Waals surface area contributed by atoms with E-state index in [1.165, 1.54) is 7.11 Å². The largest absolute Gasteiger partial charge is 0.532 e. The normalized spacial score (nSPS) is 15.0. The zero-order valence-corrected chi connectivity index (χ0v) is 16.0. The van der Waals surface area contributed by atoms with Gasteiger partial charge < -0.3 is 5.11 Å². The average molecular weight is 380 g/mol. The van der Waals surface area contributed by atoms with Crippen molar-refractivity contribution in [3.05, 3.63) is 108 Å². The fourth-order valence-electron chi connectivity index (χ4n) is 3.06. The third-order valence-corrected chi connectivity index (χ3v) is 5.69. The SMILES string of the molecule is CO[P+](=O)C(N[C@@H](c1ccccc1)[C@H](O)c1ccccc1)c1ccccc1. The van der Waals surface area contributed by atoms with Crippen LogP contribution in [0.25, 0.3) is 0 Å². The molecule has 0 aliphatic heterocycles. The second-order valence-electron chi connectivity index (χ2n) is 6.19. The van der Waals surface area contributed by atoms with Gasteiger partial charge in [0, 0.05) is 5.56 Å². The van der Waals surface area contributed by atoms with Crippen LogP contribution in [0.15, 0.2) is 91.0 Å². The molecule has 0 bridgehead atoms. The number of nitrogens with one attached hydrogen (secondary N) is 1. The molecule has 3 rings (SSSR count). The average Bonchev–Trinajstić information content (AvgIpc) is 2.75. The molecule has 0 spiro atoms. The molecule has 2 unspecified atom stereocenters. The molecule has 0 heterocycles. The molecule has 0 aromatic heterocycles. The van der Waals surface area contributed by atoms with E-state index in [-0.39, 0.29) is 0 Å². The number of aliphatic hydroxyl groups excluding tert-OH is 1. The maximum absolute atomic E-state index is 12.6. The molecule has 138 valence electrons. The standard InChI is InChI=1S/C22H23NO3P/c1-26-27(25)22(19-15-9-4-10-16-19)23-20(17-11-5-2-6-12-17)21(24)18-13-7-3-8-14-18/h2-16,20-24H,1H3/q+1/t20-,21+,22?/m0/s1. The first-order valence-corrected chi connectivity index (χ1v) is 10.0. The highest BCUT2D eigenvalue weighted by atomic mass is 31.1. The first-order valence-electron chi connectivity index (χ1n) is 8.80. The van der Waals surface area contributed by atoms with Crippen LogP contribution in [0.4, 0.5) is 0 Å². The Morgan fingerprint density at radius 2 is 1.22 bits per heavy atom. The highest BCUT2D eigenvalue weighted by Gasteiger charge is 2.37. The first kappa shape index (κ1) is 19.4. The van der Waals surface area contributed by atoms with E-state index in [1.807, 2.05) is 91.0 Å². The van der Waals surface area contributed by atoms with Crippen LogP contribution in [0.1, 0.15) is 34.6 Å². The van der Waals surface area contributed by atoms with Gasteiger partial charge in [-0.2, -0.15) is 0 Å². The minimum atomic E-state index is -2.01. The van der Waals surface area contributed by atoms with E-state index in [0.717, 1.165) is 16.7 Å². The van der Waals surface area contributed by atoms with E-state index in [9.17, 15) is 9.67 Å². The van der Waals surface area contributed by atoms with Gasteiger partial charge in [-0.05, 0) is 15.7 Å². The van der Waals surface area contributed by atoms with Gasteiger partial charge in [-0.3, -0.25) is 5.32 Å². The second kappa shape index (κ2) is 9.54. The summed E-state index contributed by atoms with van der Waals surface area (Å²) in [4.78, 5) is 0. The number of hydrogen-bond acceptors (Lipinski definition) is 4. The zero-order chi connectivity index (χ0) is 19.1. The third-order valence-electron chi connectivity index (χ3n) is 4.46. The van der Waals surface area contributed by atoms with Crippen LogP contribution in [-0.2, 0) is 9.09 Å². The molecule has 0 amide bonds. The van der Waals surface area contributed by atoms with Crippen LogP contribution >= 0.6 is 8.03 Å². The summed E-state index contributed by atoms with van der Waals surface area (Å²) >= 11 is 0. The third kappa shape index (κ3) is 4.88. The molecule has 0 radical (unpaired) electrons. The predicted octanol–water partition coefficient (Wildman–Crippen LogP) is 5.14. The Hall–Kier alpha value is -2.36. The summed E-state index contributed by atoms with van der Waals surface area (Å²) < 4.78 is 17.8. The molecule has 0 aliphatic rings. The van der Waals surface area contributed by atoms with Crippen molar-refractivity contribution in [2.75, 3.05) is 7.11 Å². The zero-order valence-electron chi connectivity index (χ0n) is 15.1. The molecular formula is C22H23NO3P+. The Bertz CT molecular complexity index is 843. The van der Waals surface area contributed by atoms with E-state index in [2.05, 4.69) is 5.32 Å². The molecule has 3 aromatic rings. The fraction of sp³-hybridized carbons (Fsp3) is 0.182. The summed E-state index contributed by atoms with van der Waals surface area (Å²) in [6, 6.07) is 28.2. The van der Waals surface area contributed by atoms with Crippen molar-refractivity contribution in [2.24, 2.45) is 0 Å². The van der Waals surface area contributed by atoms with Crippen molar-refractivity contribution < 1.29 is 14.2 Å². The highest BCUT2D eigenvalue weighted by Crippen LogP contribution is 2.42. The van der Waals surface area contributed by atoms with Gasteiger partial charge in [-0.15, -0.1) is 4.52 Å². The van der Waals surface area contributed by atoms with Gasteiger partial charge in [0.15, 0.2) is 0 Å². The maximum Gasteiger partial charge on any atom is 0.532 e. The van der Waals surface area contributed by atoms with Crippen molar-refractivity contribution in [1.82, 2.24) is 5.32 Å². The molecule has 2 N–H and O–H groups in total. The van der Waals surface area contributed by atoms with Crippen LogP contribution in [0.2, 0.25) is 0 Å². The van der Waals surface area contributed by atoms with E-state index in [4.69, 9.17) is 4.52 Å². The number of rotatable bonds is 8. The van der Waals surface area contributed by atoms with Crippen LogP contribution < -0.4 is 5.32 Å². The first-order chi connectivity index (χ1) is 13.2. The van der Waals surface area contributed by atoms with E-state index < -0.39 is 26.0 Å². The lowest BCUT2D eigenvalue weighted by Gasteiger charge is -2.26. The van der Waals surface area contributed by atoms with Gasteiger partial charge in [0.2, 0.25) is 0 Å². The predicted molar refractivity (Wildman–Crippen MR) is 108 cm³/mol. The Balaban J connectivity index is 1.98. The Kier molecular flexibility index (Phi) is 6.86. The van der Waals surface area contributed by atoms with Gasteiger partial charge in [-0.1, -0.05) is 91.0 Å². The molecule has 4 nitrogen and oxygen atoms in total. The van der Waals surface area contributed by atoms with Crippen molar-refractivity contribution in [3.8, 4) is 0 Å². The molecule has 27 heavy (non-hydrogen) atoms. The topological polar surface area (TPSA) is 58.6 Å². The van der Waals surface area contributed by atoms with Gasteiger partial charge in [0.05, 0.1) is 19.3 Å². The van der Waals surface area contributed by atoms with Crippen molar-refractivity contribution in [3.63, 3.8) is 0 Å². The summed E-state index contributed by atoms with van der Waals surface area (Å²) in [6.07, 6.45) is -0.805. The summed E-state index contributed by atoms with van der Waals surface area (Å²) in [7, 11) is -0.575. The summed E-state index contributed by atoms with van der Waals surface area (Å²) in [5, 5.41) is 14.5. The molecule has 4 atom stereocenters. The summed E-state index contributed by atoms with van der Waals surface area (Å²) in [5.41, 5.74) is 2.55. The number of aliphatic hydroxyl groups is 1. The molecule has 0 saturated carbocycles. The molecule has 0 aliphatic carbocycles. The Morgan fingerprint density at radius 3 is 1.70 bits per heavy atom. The van der Waals surface area contributed by atoms with Gasteiger partial charge in [-0.25, -0.2) is 0 Å². The lowest BCUT2D eigenvalue weighted by molar-refractivity contribution is 0.126. The lowest BCUT2D eigenvalue weighted by Crippen LogP contribution is -2.29. The van der Waals surface area contributed by atoms with Crippen LogP contribution in [0, 0.1) is 0 Å². The van der Waals surface area contributed by atoms with E-state index in [1.54, 1.807) is 0 Å². The minimum absolute atomic E-state index is 0.451. The minimum Gasteiger partial charge on any atom is -0.386 e. The lowest BCUT2D eigenvalue weighted by atomic mass is 9.95. The van der Waals surface area contributed by atoms with Crippen LogP contribution in [0.3, 0.4) is 0 Å². The van der Waals surface area contributed by atoms with Crippen molar-refractivity contribution in [1.29, 1.82) is 0 Å². The molecule has 0 saturated heterocycles. The number of benzene rings is 3. The van der Waals surface area contributed by atoms with Crippen molar-refractivity contribution in [2.45, 2.75) is 17.9 Å². The molecular weight excluding hydrogens is 357 g/mol.